The minimum atomic E-state index is -0.0863. The summed E-state index contributed by atoms with van der Waals surface area (Å²) in [5.74, 6) is 0.598. The highest BCUT2D eigenvalue weighted by atomic mass is 16.5. The molecule has 0 aromatic heterocycles. The molecule has 0 spiro atoms. The lowest BCUT2D eigenvalue weighted by Crippen LogP contribution is -2.37. The molecule has 1 heterocycles. The predicted molar refractivity (Wildman–Crippen MR) is 73.5 cm³/mol. The van der Waals surface area contributed by atoms with E-state index in [9.17, 15) is 4.79 Å². The Morgan fingerprint density at radius 1 is 1.21 bits per heavy atom. The van der Waals surface area contributed by atoms with Crippen molar-refractivity contribution in [2.45, 2.75) is 50.8 Å². The van der Waals surface area contributed by atoms with Crippen LogP contribution in [0.15, 0.2) is 30.3 Å². The first-order valence-electron chi connectivity index (χ1n) is 7.29. The number of nitrogens with one attached hydrogen (secondary N) is 1. The molecule has 0 amide bonds. The monoisotopic (exact) mass is 259 g/mol. The molecule has 19 heavy (non-hydrogen) atoms. The number of rotatable bonds is 3. The van der Waals surface area contributed by atoms with E-state index in [1.807, 2.05) is 30.3 Å². The van der Waals surface area contributed by atoms with Gasteiger partial charge in [-0.15, -0.1) is 0 Å². The van der Waals surface area contributed by atoms with E-state index in [0.29, 0.717) is 18.6 Å². The van der Waals surface area contributed by atoms with E-state index >= 15 is 0 Å². The largest absolute Gasteiger partial charge is 0.460 e. The quantitative estimate of drug-likeness (QED) is 0.848. The molecular formula is C16H21NO2. The Morgan fingerprint density at radius 2 is 2.00 bits per heavy atom. The number of esters is 1. The summed E-state index contributed by atoms with van der Waals surface area (Å²) in [7, 11) is 0. The van der Waals surface area contributed by atoms with Crippen molar-refractivity contribution in [1.29, 1.82) is 0 Å². The van der Waals surface area contributed by atoms with Gasteiger partial charge in [-0.3, -0.25) is 4.79 Å². The minimum Gasteiger partial charge on any atom is -0.460 e. The molecule has 3 nitrogen and oxygen atoms in total. The number of fused-ring (bicyclic) bond motifs is 1. The Hall–Kier alpha value is -1.35. The summed E-state index contributed by atoms with van der Waals surface area (Å²) in [6, 6.07) is 10.3. The zero-order valence-electron chi connectivity index (χ0n) is 11.2. The van der Waals surface area contributed by atoms with Crippen molar-refractivity contribution in [2.24, 2.45) is 5.92 Å². The Labute approximate surface area is 114 Å². The molecule has 3 atom stereocenters. The van der Waals surface area contributed by atoms with Gasteiger partial charge in [0, 0.05) is 6.04 Å². The van der Waals surface area contributed by atoms with E-state index in [-0.39, 0.29) is 12.0 Å². The third-order valence-electron chi connectivity index (χ3n) is 4.37. The molecule has 3 heteroatoms. The number of benzene rings is 1. The maximum atomic E-state index is 12.1. The van der Waals surface area contributed by atoms with Gasteiger partial charge in [0.25, 0.3) is 0 Å². The van der Waals surface area contributed by atoms with Crippen LogP contribution in [0.25, 0.3) is 0 Å². The summed E-state index contributed by atoms with van der Waals surface area (Å²) in [6.45, 7) is 0.382. The fraction of sp³-hybridized carbons (Fsp3) is 0.562. The number of hydrogen-bond acceptors (Lipinski definition) is 3. The summed E-state index contributed by atoms with van der Waals surface area (Å²) in [6.07, 6.45) is 6.04. The summed E-state index contributed by atoms with van der Waals surface area (Å²) in [5.41, 5.74) is 1.05. The van der Waals surface area contributed by atoms with Crippen LogP contribution in [0.1, 0.15) is 37.7 Å². The molecule has 102 valence electrons. The molecule has 2 unspecified atom stereocenters. The molecule has 1 aliphatic heterocycles. The Kier molecular flexibility index (Phi) is 3.83. The summed E-state index contributed by atoms with van der Waals surface area (Å²) < 4.78 is 5.42. The average Bonchev–Trinajstić information content (AvgIpc) is 2.90. The summed E-state index contributed by atoms with van der Waals surface area (Å²) in [5, 5.41) is 3.45. The van der Waals surface area contributed by atoms with E-state index in [4.69, 9.17) is 4.74 Å². The third kappa shape index (κ3) is 2.98. The van der Waals surface area contributed by atoms with Crippen molar-refractivity contribution < 1.29 is 9.53 Å². The Bertz CT molecular complexity index is 418. The van der Waals surface area contributed by atoms with Crippen LogP contribution in [0.5, 0.6) is 0 Å². The van der Waals surface area contributed by atoms with Crippen LogP contribution >= 0.6 is 0 Å². The van der Waals surface area contributed by atoms with Crippen LogP contribution in [-0.4, -0.2) is 18.1 Å². The Morgan fingerprint density at radius 3 is 2.79 bits per heavy atom. The second-order valence-corrected chi connectivity index (χ2v) is 5.70. The van der Waals surface area contributed by atoms with Gasteiger partial charge in [0.1, 0.15) is 12.6 Å². The van der Waals surface area contributed by atoms with E-state index < -0.39 is 0 Å². The molecule has 1 saturated carbocycles. The predicted octanol–water partition coefficient (Wildman–Crippen LogP) is 2.65. The first kappa shape index (κ1) is 12.7. The molecule has 2 aliphatic rings. The van der Waals surface area contributed by atoms with Gasteiger partial charge in [0.05, 0.1) is 0 Å². The van der Waals surface area contributed by atoms with Crippen molar-refractivity contribution >= 4 is 5.97 Å². The summed E-state index contributed by atoms with van der Waals surface area (Å²) >= 11 is 0. The first-order chi connectivity index (χ1) is 9.33. The van der Waals surface area contributed by atoms with Gasteiger partial charge in [-0.25, -0.2) is 0 Å². The number of carbonyl (C=O) groups excluding carboxylic acids is 1. The standard InChI is InChI=1S/C16H21NO2/c18-16(19-11-12-6-2-1-3-7-12)15-10-13-8-4-5-9-14(13)17-15/h1-3,6-7,13-15,17H,4-5,8-11H2/t13?,14?,15-/m1/s1. The molecule has 2 fully saturated rings. The Balaban J connectivity index is 1.51. The SMILES string of the molecule is O=C(OCc1ccccc1)[C@H]1CC2CCCCC2N1. The molecule has 1 saturated heterocycles. The smallest absolute Gasteiger partial charge is 0.323 e. The molecule has 3 rings (SSSR count). The van der Waals surface area contributed by atoms with E-state index in [0.717, 1.165) is 12.0 Å². The number of hydrogen-bond donors (Lipinski definition) is 1. The van der Waals surface area contributed by atoms with Gasteiger partial charge < -0.3 is 10.1 Å². The van der Waals surface area contributed by atoms with Gasteiger partial charge in [0.2, 0.25) is 0 Å². The highest BCUT2D eigenvalue weighted by molar-refractivity contribution is 5.76. The van der Waals surface area contributed by atoms with Gasteiger partial charge in [-0.05, 0) is 30.7 Å². The van der Waals surface area contributed by atoms with Crippen LogP contribution in [0.3, 0.4) is 0 Å². The fourth-order valence-corrected chi connectivity index (χ4v) is 3.33. The molecule has 1 aromatic carbocycles. The third-order valence-corrected chi connectivity index (χ3v) is 4.37. The topological polar surface area (TPSA) is 38.3 Å². The molecule has 1 aliphatic carbocycles. The van der Waals surface area contributed by atoms with Crippen LogP contribution in [0.4, 0.5) is 0 Å². The van der Waals surface area contributed by atoms with E-state index in [1.54, 1.807) is 0 Å². The lowest BCUT2D eigenvalue weighted by molar-refractivity contribution is -0.147. The van der Waals surface area contributed by atoms with E-state index in [2.05, 4.69) is 5.32 Å². The fourth-order valence-electron chi connectivity index (χ4n) is 3.33. The number of carbonyl (C=O) groups is 1. The molecule has 0 bridgehead atoms. The first-order valence-corrected chi connectivity index (χ1v) is 7.29. The second kappa shape index (κ2) is 5.74. The van der Waals surface area contributed by atoms with Crippen molar-refractivity contribution in [3.05, 3.63) is 35.9 Å². The zero-order valence-corrected chi connectivity index (χ0v) is 11.2. The minimum absolute atomic E-state index is 0.0850. The molecule has 1 aromatic rings. The van der Waals surface area contributed by atoms with Crippen LogP contribution in [0.2, 0.25) is 0 Å². The second-order valence-electron chi connectivity index (χ2n) is 5.70. The normalized spacial score (nSPS) is 29.8. The van der Waals surface area contributed by atoms with Crippen LogP contribution in [-0.2, 0) is 16.1 Å². The van der Waals surface area contributed by atoms with Crippen LogP contribution in [0, 0.1) is 5.92 Å². The molecular weight excluding hydrogens is 238 g/mol. The number of ether oxygens (including phenoxy) is 1. The summed E-state index contributed by atoms with van der Waals surface area (Å²) in [4.78, 5) is 12.1. The maximum absolute atomic E-state index is 12.1. The van der Waals surface area contributed by atoms with Gasteiger partial charge in [-0.1, -0.05) is 43.2 Å². The van der Waals surface area contributed by atoms with Crippen molar-refractivity contribution in [2.75, 3.05) is 0 Å². The lowest BCUT2D eigenvalue weighted by Gasteiger charge is -2.24. The van der Waals surface area contributed by atoms with Crippen molar-refractivity contribution in [1.82, 2.24) is 5.32 Å². The average molecular weight is 259 g/mol. The van der Waals surface area contributed by atoms with E-state index in [1.165, 1.54) is 25.7 Å². The molecule has 1 N–H and O–H groups in total. The van der Waals surface area contributed by atoms with Crippen molar-refractivity contribution in [3.8, 4) is 0 Å². The zero-order chi connectivity index (χ0) is 13.1. The molecule has 0 radical (unpaired) electrons. The van der Waals surface area contributed by atoms with Gasteiger partial charge in [-0.2, -0.15) is 0 Å². The van der Waals surface area contributed by atoms with Crippen molar-refractivity contribution in [3.63, 3.8) is 0 Å². The van der Waals surface area contributed by atoms with Gasteiger partial charge in [0.15, 0.2) is 0 Å². The van der Waals surface area contributed by atoms with Crippen LogP contribution < -0.4 is 5.32 Å². The lowest BCUT2D eigenvalue weighted by atomic mass is 9.85. The van der Waals surface area contributed by atoms with Gasteiger partial charge >= 0.3 is 5.97 Å². The highest BCUT2D eigenvalue weighted by Gasteiger charge is 2.38. The maximum Gasteiger partial charge on any atom is 0.323 e. The highest BCUT2D eigenvalue weighted by Crippen LogP contribution is 2.33.